The maximum atomic E-state index is 12.5. The Morgan fingerprint density at radius 1 is 1.15 bits per heavy atom. The van der Waals surface area contributed by atoms with E-state index in [1.54, 1.807) is 0 Å². The molecule has 1 aromatic carbocycles. The second kappa shape index (κ2) is 7.72. The molecule has 1 N–H and O–H groups in total. The van der Waals surface area contributed by atoms with Gasteiger partial charge in [0.05, 0.1) is 0 Å². The highest BCUT2D eigenvalue weighted by atomic mass is 16.3. The molecule has 1 saturated carbocycles. The fourth-order valence-electron chi connectivity index (χ4n) is 5.86. The van der Waals surface area contributed by atoms with Gasteiger partial charge in [-0.1, -0.05) is 31.7 Å². The van der Waals surface area contributed by atoms with Crippen molar-refractivity contribution in [1.29, 1.82) is 0 Å². The van der Waals surface area contributed by atoms with Crippen LogP contribution in [0.1, 0.15) is 74.8 Å². The first-order chi connectivity index (χ1) is 12.6. The molecule has 2 fully saturated rings. The Morgan fingerprint density at radius 2 is 1.92 bits per heavy atom. The van der Waals surface area contributed by atoms with Gasteiger partial charge in [-0.25, -0.2) is 0 Å². The van der Waals surface area contributed by atoms with E-state index in [0.29, 0.717) is 29.4 Å². The number of fused-ring (bicyclic) bond motifs is 4. The number of phenolic OH excluding ortho intramolecular Hbond substituents is 1. The normalized spacial score (nSPS) is 28.9. The van der Waals surface area contributed by atoms with E-state index in [9.17, 15) is 9.90 Å². The number of carbonyl (C=O) groups is 1. The largest absolute Gasteiger partial charge is 0.508 e. The second-order valence-electron chi connectivity index (χ2n) is 8.96. The minimum Gasteiger partial charge on any atom is -0.508 e. The molecule has 1 aromatic rings. The van der Waals surface area contributed by atoms with E-state index in [2.05, 4.69) is 18.0 Å². The number of rotatable bonds is 6. The molecule has 2 bridgehead atoms. The summed E-state index contributed by atoms with van der Waals surface area (Å²) in [5, 5.41) is 9.95. The predicted octanol–water partition coefficient (Wildman–Crippen LogP) is 4.67. The summed E-state index contributed by atoms with van der Waals surface area (Å²) in [6, 6.07) is 6.46. The van der Waals surface area contributed by atoms with Crippen LogP contribution < -0.4 is 0 Å². The maximum Gasteiger partial charge on any atom is 0.132 e. The molecule has 26 heavy (non-hydrogen) atoms. The molecule has 3 nitrogen and oxygen atoms in total. The molecule has 3 atom stereocenters. The van der Waals surface area contributed by atoms with Crippen LogP contribution in [0, 0.1) is 11.8 Å². The van der Waals surface area contributed by atoms with Crippen molar-refractivity contribution in [3.05, 3.63) is 29.3 Å². The van der Waals surface area contributed by atoms with Crippen molar-refractivity contribution < 1.29 is 9.90 Å². The van der Waals surface area contributed by atoms with Gasteiger partial charge < -0.3 is 10.0 Å². The lowest BCUT2D eigenvalue weighted by Gasteiger charge is -2.48. The second-order valence-corrected chi connectivity index (χ2v) is 8.96. The van der Waals surface area contributed by atoms with Crippen molar-refractivity contribution in [3.63, 3.8) is 0 Å². The Hall–Kier alpha value is -1.35. The van der Waals surface area contributed by atoms with Crippen molar-refractivity contribution in [2.45, 2.75) is 76.2 Å². The van der Waals surface area contributed by atoms with Crippen LogP contribution in [0.4, 0.5) is 0 Å². The number of likely N-dealkylation sites (tertiary alicyclic amines) is 1. The smallest absolute Gasteiger partial charge is 0.132 e. The molecule has 1 aliphatic heterocycles. The number of phenols is 1. The number of ketones is 1. The van der Waals surface area contributed by atoms with Crippen molar-refractivity contribution in [2.75, 3.05) is 13.6 Å². The van der Waals surface area contributed by atoms with E-state index < -0.39 is 0 Å². The summed E-state index contributed by atoms with van der Waals surface area (Å²) in [5.74, 6) is 2.73. The number of carbonyl (C=O) groups excluding carboxylic acids is 1. The van der Waals surface area contributed by atoms with Gasteiger partial charge in [0.25, 0.3) is 0 Å². The van der Waals surface area contributed by atoms with Gasteiger partial charge in [0.15, 0.2) is 0 Å². The van der Waals surface area contributed by atoms with Gasteiger partial charge in [0.1, 0.15) is 11.5 Å². The zero-order valence-electron chi connectivity index (χ0n) is 16.1. The Balaban J connectivity index is 1.39. The van der Waals surface area contributed by atoms with Crippen LogP contribution >= 0.6 is 0 Å². The van der Waals surface area contributed by atoms with Crippen LogP contribution in [0.3, 0.4) is 0 Å². The van der Waals surface area contributed by atoms with E-state index in [1.165, 1.54) is 36.8 Å². The number of hydrogen-bond donors (Lipinski definition) is 1. The minimum atomic E-state index is 0.382. The highest BCUT2D eigenvalue weighted by Gasteiger charge is 2.41. The van der Waals surface area contributed by atoms with E-state index in [0.717, 1.165) is 51.0 Å². The van der Waals surface area contributed by atoms with Gasteiger partial charge in [0.2, 0.25) is 0 Å². The maximum absolute atomic E-state index is 12.5. The predicted molar refractivity (Wildman–Crippen MR) is 105 cm³/mol. The topological polar surface area (TPSA) is 40.5 Å². The van der Waals surface area contributed by atoms with Crippen molar-refractivity contribution >= 4 is 5.78 Å². The van der Waals surface area contributed by atoms with E-state index in [1.807, 2.05) is 12.1 Å². The molecule has 0 amide bonds. The molecule has 3 unspecified atom stereocenters. The van der Waals surface area contributed by atoms with Gasteiger partial charge in [-0.15, -0.1) is 0 Å². The number of likely N-dealkylation sites (N-methyl/N-ethyl adjacent to an activating group) is 1. The summed E-state index contributed by atoms with van der Waals surface area (Å²) < 4.78 is 0. The zero-order chi connectivity index (χ0) is 18.1. The molecular formula is C23H33NO2. The van der Waals surface area contributed by atoms with Gasteiger partial charge in [0, 0.05) is 18.9 Å². The molecule has 1 saturated heterocycles. The van der Waals surface area contributed by atoms with E-state index >= 15 is 0 Å². The summed E-state index contributed by atoms with van der Waals surface area (Å²) in [5.41, 5.74) is 2.74. The van der Waals surface area contributed by atoms with Gasteiger partial charge in [-0.05, 0) is 80.3 Å². The molecular weight excluding hydrogens is 322 g/mol. The Bertz CT molecular complexity index is 650. The first-order valence-electron chi connectivity index (χ1n) is 10.7. The lowest BCUT2D eigenvalue weighted by Crippen LogP contribution is -2.50. The number of piperidine rings is 1. The molecule has 142 valence electrons. The van der Waals surface area contributed by atoms with Crippen LogP contribution in [-0.2, 0) is 11.2 Å². The lowest BCUT2D eigenvalue weighted by atomic mass is 9.66. The third-order valence-electron chi connectivity index (χ3n) is 7.39. The van der Waals surface area contributed by atoms with Crippen LogP contribution in [0.2, 0.25) is 0 Å². The van der Waals surface area contributed by atoms with Gasteiger partial charge >= 0.3 is 0 Å². The summed E-state index contributed by atoms with van der Waals surface area (Å²) >= 11 is 0. The summed E-state index contributed by atoms with van der Waals surface area (Å²) in [6.45, 7) is 1.12. The molecule has 2 aliphatic carbocycles. The van der Waals surface area contributed by atoms with Crippen LogP contribution in [0.15, 0.2) is 18.2 Å². The molecule has 0 spiro atoms. The molecule has 0 aromatic heterocycles. The highest BCUT2D eigenvalue weighted by molar-refractivity contribution is 5.78. The van der Waals surface area contributed by atoms with E-state index in [-0.39, 0.29) is 0 Å². The third-order valence-corrected chi connectivity index (χ3v) is 7.39. The molecule has 4 rings (SSSR count). The fourth-order valence-corrected chi connectivity index (χ4v) is 5.86. The summed E-state index contributed by atoms with van der Waals surface area (Å²) in [7, 11) is 2.24. The van der Waals surface area contributed by atoms with Crippen LogP contribution in [-0.4, -0.2) is 35.4 Å². The van der Waals surface area contributed by atoms with E-state index in [4.69, 9.17) is 0 Å². The van der Waals surface area contributed by atoms with Crippen molar-refractivity contribution in [1.82, 2.24) is 4.90 Å². The first kappa shape index (κ1) is 18.0. The summed E-state index contributed by atoms with van der Waals surface area (Å²) in [4.78, 5) is 15.0. The number of aromatic hydroxyl groups is 1. The monoisotopic (exact) mass is 355 g/mol. The zero-order valence-corrected chi connectivity index (χ0v) is 16.1. The first-order valence-corrected chi connectivity index (χ1v) is 10.7. The number of Topliss-reactive ketones (excluding diaryl/α,β-unsaturated/α-hetero) is 1. The molecule has 1 heterocycles. The SMILES string of the molecule is CN1CCC2c3cc(O)ccc3CC1C2CCC(=O)CCC1CCCC1. The quantitative estimate of drug-likeness (QED) is 0.806. The minimum absolute atomic E-state index is 0.382. The summed E-state index contributed by atoms with van der Waals surface area (Å²) in [6.07, 6.45) is 11.3. The van der Waals surface area contributed by atoms with Crippen LogP contribution in [0.5, 0.6) is 5.75 Å². The standard InChI is InChI=1S/C23H33NO2/c1-24-13-12-20-21(11-10-18(25)8-6-16-4-2-3-5-16)23(24)14-17-7-9-19(26)15-22(17)20/h7,9,15-16,20-21,23,26H,2-6,8,10-14H2,1H3. The number of hydrogen-bond acceptors (Lipinski definition) is 3. The van der Waals surface area contributed by atoms with Gasteiger partial charge in [-0.2, -0.15) is 0 Å². The Kier molecular flexibility index (Phi) is 5.35. The highest BCUT2D eigenvalue weighted by Crippen LogP contribution is 2.46. The average Bonchev–Trinajstić information content (AvgIpc) is 3.15. The third kappa shape index (κ3) is 3.69. The molecule has 3 aliphatic rings. The molecule has 0 radical (unpaired) electrons. The van der Waals surface area contributed by atoms with Crippen LogP contribution in [0.25, 0.3) is 0 Å². The lowest BCUT2D eigenvalue weighted by molar-refractivity contribution is -0.119. The number of benzene rings is 1. The Labute approximate surface area is 157 Å². The molecule has 3 heteroatoms. The van der Waals surface area contributed by atoms with Gasteiger partial charge in [-0.3, -0.25) is 4.79 Å². The Morgan fingerprint density at radius 3 is 2.73 bits per heavy atom. The van der Waals surface area contributed by atoms with Crippen molar-refractivity contribution in [3.8, 4) is 5.75 Å². The average molecular weight is 356 g/mol. The number of nitrogens with zero attached hydrogens (tertiary/aromatic N) is 1. The van der Waals surface area contributed by atoms with Crippen molar-refractivity contribution in [2.24, 2.45) is 11.8 Å². The fraction of sp³-hybridized carbons (Fsp3) is 0.696.